The number of alkyl halides is 3. The monoisotopic (exact) mass is 257 g/mol. The van der Waals surface area contributed by atoms with Crippen LogP contribution < -0.4 is 0 Å². The number of hydrogen-bond acceptors (Lipinski definition) is 4. The Morgan fingerprint density at radius 1 is 1.19 bits per heavy atom. The summed E-state index contributed by atoms with van der Waals surface area (Å²) < 4.78 is 61.3. The smallest absolute Gasteiger partial charge is 0.260 e. The molecule has 1 rings (SSSR count). The molecule has 0 aliphatic heterocycles. The Labute approximate surface area is 91.1 Å². The second-order valence-electron chi connectivity index (χ2n) is 3.60. The Morgan fingerprint density at radius 2 is 1.69 bits per heavy atom. The van der Waals surface area contributed by atoms with Crippen LogP contribution in [0.3, 0.4) is 0 Å². The van der Waals surface area contributed by atoms with E-state index in [1.165, 1.54) is 0 Å². The first-order valence-corrected chi connectivity index (χ1v) is 6.06. The molecule has 0 saturated heterocycles. The van der Waals surface area contributed by atoms with Crippen molar-refractivity contribution in [3.05, 3.63) is 0 Å². The predicted molar refractivity (Wildman–Crippen MR) is 47.4 cm³/mol. The van der Waals surface area contributed by atoms with Gasteiger partial charge in [0.15, 0.2) is 0 Å². The summed E-state index contributed by atoms with van der Waals surface area (Å²) in [6, 6.07) is 1.99. The maximum atomic E-state index is 12.0. The van der Waals surface area contributed by atoms with Crippen molar-refractivity contribution < 1.29 is 25.8 Å². The molecule has 0 aromatic rings. The molecule has 1 aliphatic carbocycles. The standard InChI is InChI=1S/C8H10F3NO3S/c9-8(10,11)16(13,14)15-7-3-1-6(5-12)2-4-7/h6-7H,1-4H2. The normalized spacial score (nSPS) is 27.4. The maximum Gasteiger partial charge on any atom is 0.523 e. The first-order chi connectivity index (χ1) is 7.26. The molecule has 0 aromatic heterocycles. The molecule has 16 heavy (non-hydrogen) atoms. The molecule has 0 amide bonds. The molecule has 0 spiro atoms. The third kappa shape index (κ3) is 3.09. The molecule has 0 atom stereocenters. The molecule has 1 saturated carbocycles. The average molecular weight is 257 g/mol. The summed E-state index contributed by atoms with van der Waals surface area (Å²) in [4.78, 5) is 0. The molecular weight excluding hydrogens is 247 g/mol. The van der Waals surface area contributed by atoms with E-state index < -0.39 is 21.7 Å². The topological polar surface area (TPSA) is 67.2 Å². The van der Waals surface area contributed by atoms with E-state index in [-0.39, 0.29) is 18.8 Å². The zero-order valence-electron chi connectivity index (χ0n) is 8.20. The molecule has 8 heteroatoms. The van der Waals surface area contributed by atoms with Crippen molar-refractivity contribution in [3.63, 3.8) is 0 Å². The van der Waals surface area contributed by atoms with Crippen molar-refractivity contribution in [3.8, 4) is 6.07 Å². The van der Waals surface area contributed by atoms with Gasteiger partial charge >= 0.3 is 15.6 Å². The largest absolute Gasteiger partial charge is 0.523 e. The lowest BCUT2D eigenvalue weighted by Crippen LogP contribution is -2.32. The Hall–Kier alpha value is -0.810. The van der Waals surface area contributed by atoms with E-state index in [9.17, 15) is 21.6 Å². The summed E-state index contributed by atoms with van der Waals surface area (Å²) in [6.45, 7) is 0. The van der Waals surface area contributed by atoms with Gasteiger partial charge in [-0.25, -0.2) is 0 Å². The highest BCUT2D eigenvalue weighted by Gasteiger charge is 2.48. The summed E-state index contributed by atoms with van der Waals surface area (Å²) >= 11 is 0. The van der Waals surface area contributed by atoms with Crippen molar-refractivity contribution in [2.75, 3.05) is 0 Å². The van der Waals surface area contributed by atoms with Crippen LogP contribution in [-0.4, -0.2) is 20.0 Å². The van der Waals surface area contributed by atoms with E-state index in [1.807, 2.05) is 6.07 Å². The summed E-state index contributed by atoms with van der Waals surface area (Å²) in [7, 11) is -5.50. The minimum absolute atomic E-state index is 0.160. The van der Waals surface area contributed by atoms with E-state index in [0.29, 0.717) is 12.8 Å². The van der Waals surface area contributed by atoms with Gasteiger partial charge in [-0.2, -0.15) is 26.9 Å². The molecule has 0 aromatic carbocycles. The number of nitrogens with zero attached hydrogens (tertiary/aromatic N) is 1. The van der Waals surface area contributed by atoms with Crippen LogP contribution in [0.2, 0.25) is 0 Å². The maximum absolute atomic E-state index is 12.0. The predicted octanol–water partition coefficient (Wildman–Crippen LogP) is 1.93. The molecule has 4 nitrogen and oxygen atoms in total. The highest BCUT2D eigenvalue weighted by atomic mass is 32.2. The molecule has 92 valence electrons. The van der Waals surface area contributed by atoms with Gasteiger partial charge in [0.1, 0.15) is 0 Å². The van der Waals surface area contributed by atoms with Crippen LogP contribution in [0.5, 0.6) is 0 Å². The Balaban J connectivity index is 2.56. The van der Waals surface area contributed by atoms with E-state index in [2.05, 4.69) is 4.18 Å². The van der Waals surface area contributed by atoms with Crippen LogP contribution in [0.1, 0.15) is 25.7 Å². The zero-order valence-corrected chi connectivity index (χ0v) is 9.01. The van der Waals surface area contributed by atoms with Crippen LogP contribution in [0, 0.1) is 17.2 Å². The van der Waals surface area contributed by atoms with Gasteiger partial charge in [0.25, 0.3) is 0 Å². The molecule has 1 fully saturated rings. The van der Waals surface area contributed by atoms with Crippen LogP contribution in [0.4, 0.5) is 13.2 Å². The fourth-order valence-corrected chi connectivity index (χ4v) is 2.18. The Morgan fingerprint density at radius 3 is 2.06 bits per heavy atom. The van der Waals surface area contributed by atoms with Crippen molar-refractivity contribution in [1.29, 1.82) is 5.26 Å². The molecule has 0 unspecified atom stereocenters. The number of rotatable bonds is 2. The first kappa shape index (κ1) is 13.3. The molecular formula is C8H10F3NO3S. The van der Waals surface area contributed by atoms with Gasteiger partial charge in [0, 0.05) is 5.92 Å². The van der Waals surface area contributed by atoms with Crippen LogP contribution in [-0.2, 0) is 14.3 Å². The average Bonchev–Trinajstić information content (AvgIpc) is 2.16. The van der Waals surface area contributed by atoms with E-state index in [0.717, 1.165) is 0 Å². The van der Waals surface area contributed by atoms with Crippen LogP contribution >= 0.6 is 0 Å². The van der Waals surface area contributed by atoms with Crippen molar-refractivity contribution >= 4 is 10.1 Å². The highest BCUT2D eigenvalue weighted by Crippen LogP contribution is 2.31. The fourth-order valence-electron chi connectivity index (χ4n) is 1.52. The minimum atomic E-state index is -5.50. The van der Waals surface area contributed by atoms with Gasteiger partial charge in [-0.1, -0.05) is 0 Å². The van der Waals surface area contributed by atoms with Gasteiger partial charge in [-0.3, -0.25) is 4.18 Å². The van der Waals surface area contributed by atoms with Crippen LogP contribution in [0.25, 0.3) is 0 Å². The van der Waals surface area contributed by atoms with Crippen molar-refractivity contribution in [2.45, 2.75) is 37.3 Å². The zero-order chi connectivity index (χ0) is 12.4. The minimum Gasteiger partial charge on any atom is -0.260 e. The highest BCUT2D eigenvalue weighted by molar-refractivity contribution is 7.87. The lowest BCUT2D eigenvalue weighted by Gasteiger charge is -2.24. The second-order valence-corrected chi connectivity index (χ2v) is 5.16. The molecule has 0 bridgehead atoms. The van der Waals surface area contributed by atoms with E-state index in [4.69, 9.17) is 5.26 Å². The van der Waals surface area contributed by atoms with E-state index >= 15 is 0 Å². The lowest BCUT2D eigenvalue weighted by atomic mass is 9.89. The third-order valence-corrected chi connectivity index (χ3v) is 3.50. The Kier molecular flexibility index (Phi) is 3.80. The Bertz CT molecular complexity index is 376. The van der Waals surface area contributed by atoms with Gasteiger partial charge in [0.2, 0.25) is 0 Å². The molecule has 0 heterocycles. The van der Waals surface area contributed by atoms with Crippen LogP contribution in [0.15, 0.2) is 0 Å². The molecule has 0 radical (unpaired) electrons. The van der Waals surface area contributed by atoms with Gasteiger partial charge < -0.3 is 0 Å². The molecule has 1 aliphatic rings. The number of hydrogen-bond donors (Lipinski definition) is 0. The summed E-state index contributed by atoms with van der Waals surface area (Å²) in [6.07, 6.45) is 0.0979. The second kappa shape index (κ2) is 4.59. The quantitative estimate of drug-likeness (QED) is 0.560. The van der Waals surface area contributed by atoms with E-state index in [1.54, 1.807) is 0 Å². The summed E-state index contributed by atoms with van der Waals surface area (Å²) in [5.41, 5.74) is -5.38. The fraction of sp³-hybridized carbons (Fsp3) is 0.875. The third-order valence-electron chi connectivity index (χ3n) is 2.40. The van der Waals surface area contributed by atoms with Gasteiger partial charge in [-0.05, 0) is 25.7 Å². The summed E-state index contributed by atoms with van der Waals surface area (Å²) in [5.74, 6) is -0.214. The van der Waals surface area contributed by atoms with Gasteiger partial charge in [-0.15, -0.1) is 0 Å². The number of nitriles is 1. The summed E-state index contributed by atoms with van der Waals surface area (Å²) in [5, 5.41) is 8.55. The SMILES string of the molecule is N#CC1CCC(OS(=O)(=O)C(F)(F)F)CC1. The van der Waals surface area contributed by atoms with Crippen molar-refractivity contribution in [2.24, 2.45) is 5.92 Å². The van der Waals surface area contributed by atoms with Crippen molar-refractivity contribution in [1.82, 2.24) is 0 Å². The first-order valence-electron chi connectivity index (χ1n) is 4.65. The van der Waals surface area contributed by atoms with Gasteiger partial charge in [0.05, 0.1) is 12.2 Å². The number of halogens is 3. The molecule has 0 N–H and O–H groups in total. The lowest BCUT2D eigenvalue weighted by molar-refractivity contribution is -0.0587.